The number of fused-ring (bicyclic) bond motifs is 1. The number of pyridine rings is 1. The Morgan fingerprint density at radius 1 is 1.26 bits per heavy atom. The molecule has 0 radical (unpaired) electrons. The first-order valence-electron chi connectivity index (χ1n) is 9.47. The van der Waals surface area contributed by atoms with Gasteiger partial charge in [-0.25, -0.2) is 0 Å². The van der Waals surface area contributed by atoms with Crippen molar-refractivity contribution in [2.24, 2.45) is 4.99 Å². The standard InChI is InChI=1S/C22H25N3O2/c1-17-14-19(15-25-10-12-26-13-11-25)20-5-3-8-24-21(20)22(17)27-16-18-4-2-7-23-9-6-18/h2-3,5-9,14H,4,10-13,15-16H2,1H3. The summed E-state index contributed by atoms with van der Waals surface area (Å²) in [6.45, 7) is 7.14. The van der Waals surface area contributed by atoms with E-state index in [1.54, 1.807) is 0 Å². The quantitative estimate of drug-likeness (QED) is 0.813. The second-order valence-corrected chi connectivity index (χ2v) is 6.97. The van der Waals surface area contributed by atoms with Gasteiger partial charge in [0.15, 0.2) is 0 Å². The Balaban J connectivity index is 1.60. The third-order valence-electron chi connectivity index (χ3n) is 4.99. The van der Waals surface area contributed by atoms with Crippen LogP contribution in [0.15, 0.2) is 53.3 Å². The van der Waals surface area contributed by atoms with Gasteiger partial charge in [-0.2, -0.15) is 0 Å². The van der Waals surface area contributed by atoms with Crippen molar-refractivity contribution in [2.75, 3.05) is 32.9 Å². The fourth-order valence-electron chi connectivity index (χ4n) is 3.55. The molecule has 5 nitrogen and oxygen atoms in total. The number of ether oxygens (including phenoxy) is 2. The minimum atomic E-state index is 0.547. The molecule has 3 heterocycles. The van der Waals surface area contributed by atoms with Crippen LogP contribution in [-0.4, -0.2) is 49.0 Å². The van der Waals surface area contributed by atoms with Crippen molar-refractivity contribution in [1.82, 2.24) is 9.88 Å². The van der Waals surface area contributed by atoms with E-state index in [1.165, 1.54) is 16.5 Å². The Hall–Kier alpha value is -2.50. The maximum absolute atomic E-state index is 6.23. The molecule has 0 amide bonds. The highest BCUT2D eigenvalue weighted by Crippen LogP contribution is 2.32. The molecule has 2 aliphatic heterocycles. The Morgan fingerprint density at radius 3 is 3.04 bits per heavy atom. The highest BCUT2D eigenvalue weighted by Gasteiger charge is 2.16. The molecule has 5 heteroatoms. The number of aryl methyl sites for hydroxylation is 1. The molecule has 4 rings (SSSR count). The zero-order valence-electron chi connectivity index (χ0n) is 15.7. The maximum Gasteiger partial charge on any atom is 0.148 e. The van der Waals surface area contributed by atoms with Gasteiger partial charge in [0, 0.05) is 43.6 Å². The van der Waals surface area contributed by atoms with Crippen LogP contribution < -0.4 is 4.74 Å². The van der Waals surface area contributed by atoms with Crippen LogP contribution in [0.2, 0.25) is 0 Å². The van der Waals surface area contributed by atoms with Gasteiger partial charge in [-0.15, -0.1) is 0 Å². The van der Waals surface area contributed by atoms with Gasteiger partial charge in [-0.3, -0.25) is 14.9 Å². The number of aliphatic imine (C=N–C) groups is 1. The number of hydrogen-bond acceptors (Lipinski definition) is 5. The van der Waals surface area contributed by atoms with Gasteiger partial charge in [0.2, 0.25) is 0 Å². The molecule has 0 aliphatic carbocycles. The van der Waals surface area contributed by atoms with Crippen molar-refractivity contribution in [2.45, 2.75) is 19.9 Å². The molecule has 0 N–H and O–H groups in total. The molecule has 2 aliphatic rings. The van der Waals surface area contributed by atoms with E-state index in [1.807, 2.05) is 36.8 Å². The maximum atomic E-state index is 6.23. The van der Waals surface area contributed by atoms with Gasteiger partial charge in [-0.05, 0) is 42.2 Å². The lowest BCUT2D eigenvalue weighted by Crippen LogP contribution is -2.35. The van der Waals surface area contributed by atoms with E-state index < -0.39 is 0 Å². The average Bonchev–Trinajstić information content (AvgIpc) is 2.97. The largest absolute Gasteiger partial charge is 0.487 e. The van der Waals surface area contributed by atoms with Crippen LogP contribution in [0.4, 0.5) is 0 Å². The lowest BCUT2D eigenvalue weighted by atomic mass is 10.0. The fourth-order valence-corrected chi connectivity index (χ4v) is 3.55. The zero-order valence-corrected chi connectivity index (χ0v) is 15.7. The molecule has 0 spiro atoms. The second kappa shape index (κ2) is 8.46. The number of benzene rings is 1. The van der Waals surface area contributed by atoms with Gasteiger partial charge in [-0.1, -0.05) is 18.2 Å². The van der Waals surface area contributed by atoms with Crippen LogP contribution in [0.5, 0.6) is 5.75 Å². The molecule has 2 aromatic rings. The first kappa shape index (κ1) is 17.9. The number of aromatic nitrogens is 1. The topological polar surface area (TPSA) is 47.0 Å². The van der Waals surface area contributed by atoms with E-state index in [2.05, 4.69) is 33.9 Å². The lowest BCUT2D eigenvalue weighted by Gasteiger charge is -2.27. The molecule has 1 aromatic carbocycles. The number of rotatable bonds is 5. The van der Waals surface area contributed by atoms with Crippen LogP contribution in [-0.2, 0) is 11.3 Å². The molecule has 0 saturated carbocycles. The highest BCUT2D eigenvalue weighted by molar-refractivity contribution is 5.88. The monoisotopic (exact) mass is 363 g/mol. The Kier molecular flexibility index (Phi) is 5.61. The third-order valence-corrected chi connectivity index (χ3v) is 4.99. The van der Waals surface area contributed by atoms with E-state index in [-0.39, 0.29) is 0 Å². The van der Waals surface area contributed by atoms with E-state index in [9.17, 15) is 0 Å². The Bertz CT molecular complexity index is 896. The zero-order chi connectivity index (χ0) is 18.5. The number of nitrogens with zero attached hydrogens (tertiary/aromatic N) is 3. The molecule has 0 atom stereocenters. The highest BCUT2D eigenvalue weighted by atomic mass is 16.5. The summed E-state index contributed by atoms with van der Waals surface area (Å²) in [5.74, 6) is 0.877. The molecule has 140 valence electrons. The van der Waals surface area contributed by atoms with Crippen molar-refractivity contribution in [3.63, 3.8) is 0 Å². The van der Waals surface area contributed by atoms with Crippen LogP contribution >= 0.6 is 0 Å². The molecule has 0 unspecified atom stereocenters. The first-order valence-corrected chi connectivity index (χ1v) is 9.47. The molecular formula is C22H25N3O2. The Morgan fingerprint density at radius 2 is 2.15 bits per heavy atom. The predicted molar refractivity (Wildman–Crippen MR) is 108 cm³/mol. The van der Waals surface area contributed by atoms with Gasteiger partial charge in [0.25, 0.3) is 0 Å². The summed E-state index contributed by atoms with van der Waals surface area (Å²) in [6.07, 6.45) is 10.4. The molecule has 27 heavy (non-hydrogen) atoms. The van der Waals surface area contributed by atoms with Crippen molar-refractivity contribution in [3.05, 3.63) is 59.4 Å². The van der Waals surface area contributed by atoms with E-state index in [4.69, 9.17) is 9.47 Å². The van der Waals surface area contributed by atoms with Gasteiger partial charge >= 0.3 is 0 Å². The predicted octanol–water partition coefficient (Wildman–Crippen LogP) is 3.67. The molecule has 1 fully saturated rings. The average molecular weight is 363 g/mol. The fraction of sp³-hybridized carbons (Fsp3) is 0.364. The summed E-state index contributed by atoms with van der Waals surface area (Å²) in [5.41, 5.74) is 4.57. The van der Waals surface area contributed by atoms with E-state index in [0.717, 1.165) is 56.1 Å². The normalized spacial score (nSPS) is 17.7. The van der Waals surface area contributed by atoms with Crippen LogP contribution in [0, 0.1) is 6.92 Å². The van der Waals surface area contributed by atoms with Crippen molar-refractivity contribution < 1.29 is 9.47 Å². The summed E-state index contributed by atoms with van der Waals surface area (Å²) < 4.78 is 11.7. The van der Waals surface area contributed by atoms with Crippen LogP contribution in [0.25, 0.3) is 10.9 Å². The van der Waals surface area contributed by atoms with Crippen LogP contribution in [0.3, 0.4) is 0 Å². The summed E-state index contributed by atoms with van der Waals surface area (Å²) >= 11 is 0. The molecule has 1 aromatic heterocycles. The smallest absolute Gasteiger partial charge is 0.148 e. The minimum Gasteiger partial charge on any atom is -0.487 e. The van der Waals surface area contributed by atoms with Crippen LogP contribution in [0.1, 0.15) is 17.5 Å². The molecular weight excluding hydrogens is 338 g/mol. The SMILES string of the molecule is Cc1cc(CN2CCOCC2)c2cccnc2c1OCC1=CC=NC=CC1. The van der Waals surface area contributed by atoms with E-state index >= 15 is 0 Å². The lowest BCUT2D eigenvalue weighted by molar-refractivity contribution is 0.0343. The summed E-state index contributed by atoms with van der Waals surface area (Å²) in [4.78, 5) is 11.2. The van der Waals surface area contributed by atoms with Crippen molar-refractivity contribution in [1.29, 1.82) is 0 Å². The molecule has 1 saturated heterocycles. The Labute approximate surface area is 160 Å². The van der Waals surface area contributed by atoms with Crippen molar-refractivity contribution in [3.8, 4) is 5.75 Å². The third kappa shape index (κ3) is 4.26. The summed E-state index contributed by atoms with van der Waals surface area (Å²) in [5, 5.41) is 1.17. The molecule has 0 bridgehead atoms. The van der Waals surface area contributed by atoms with Gasteiger partial charge in [0.05, 0.1) is 13.2 Å². The van der Waals surface area contributed by atoms with E-state index in [0.29, 0.717) is 6.61 Å². The minimum absolute atomic E-state index is 0.547. The van der Waals surface area contributed by atoms with Gasteiger partial charge < -0.3 is 9.47 Å². The summed E-state index contributed by atoms with van der Waals surface area (Å²) in [6, 6.07) is 6.39. The number of hydrogen-bond donors (Lipinski definition) is 0. The van der Waals surface area contributed by atoms with Crippen molar-refractivity contribution >= 4 is 17.1 Å². The first-order chi connectivity index (χ1) is 13.3. The number of morpholine rings is 1. The van der Waals surface area contributed by atoms with Gasteiger partial charge in [0.1, 0.15) is 17.9 Å². The second-order valence-electron chi connectivity index (χ2n) is 6.97. The summed E-state index contributed by atoms with van der Waals surface area (Å²) in [7, 11) is 0. The number of allylic oxidation sites excluding steroid dienone is 2.